The van der Waals surface area contributed by atoms with Crippen molar-refractivity contribution >= 4 is 5.91 Å². The highest BCUT2D eigenvalue weighted by atomic mass is 16.3. The van der Waals surface area contributed by atoms with Crippen molar-refractivity contribution in [2.24, 2.45) is 5.73 Å². The highest BCUT2D eigenvalue weighted by Crippen LogP contribution is 2.21. The summed E-state index contributed by atoms with van der Waals surface area (Å²) in [5, 5.41) is 0. The Morgan fingerprint density at radius 1 is 1.44 bits per heavy atom. The quantitative estimate of drug-likeness (QED) is 0.821. The lowest BCUT2D eigenvalue weighted by Gasteiger charge is -2.28. The van der Waals surface area contributed by atoms with E-state index in [1.807, 2.05) is 30.9 Å². The van der Waals surface area contributed by atoms with Gasteiger partial charge in [-0.15, -0.1) is 0 Å². The van der Waals surface area contributed by atoms with Gasteiger partial charge in [0.25, 0.3) is 0 Å². The summed E-state index contributed by atoms with van der Waals surface area (Å²) in [6.45, 7) is 5.45. The zero-order valence-electron chi connectivity index (χ0n) is 11.6. The summed E-state index contributed by atoms with van der Waals surface area (Å²) in [5.41, 5.74) is 5.82. The molecule has 0 aliphatic heterocycles. The maximum absolute atomic E-state index is 11.8. The molecule has 0 bridgehead atoms. The fraction of sp³-hybridized carbons (Fsp3) is 0.615. The Morgan fingerprint density at radius 2 is 2.11 bits per heavy atom. The number of hydrogen-bond acceptors (Lipinski definition) is 4. The minimum atomic E-state index is -0.0485. The average molecular weight is 253 g/mol. The third-order valence-corrected chi connectivity index (χ3v) is 3.00. The number of likely N-dealkylation sites (N-methyl/N-ethyl adjacent to an activating group) is 2. The predicted octanol–water partition coefficient (Wildman–Crippen LogP) is 0.998. The number of hydrogen-bond donors (Lipinski definition) is 1. The summed E-state index contributed by atoms with van der Waals surface area (Å²) in [5.74, 6) is 1.75. The van der Waals surface area contributed by atoms with Crippen LogP contribution in [0.1, 0.15) is 24.5 Å². The Kier molecular flexibility index (Phi) is 5.37. The standard InChI is InChI=1S/C13H23N3O2/c1-5-16(9-13(17)15(3)4)11(8-14)12-7-6-10(2)18-12/h6-7,11H,5,8-9,14H2,1-4H3. The van der Waals surface area contributed by atoms with Gasteiger partial charge in [-0.05, 0) is 25.6 Å². The van der Waals surface area contributed by atoms with Gasteiger partial charge in [-0.25, -0.2) is 0 Å². The largest absolute Gasteiger partial charge is 0.465 e. The Labute approximate surface area is 109 Å². The molecule has 0 saturated heterocycles. The molecular formula is C13H23N3O2. The van der Waals surface area contributed by atoms with Crippen molar-refractivity contribution in [2.75, 3.05) is 33.7 Å². The van der Waals surface area contributed by atoms with Crippen molar-refractivity contribution in [1.82, 2.24) is 9.80 Å². The summed E-state index contributed by atoms with van der Waals surface area (Å²) in [6.07, 6.45) is 0. The Hall–Kier alpha value is -1.33. The summed E-state index contributed by atoms with van der Waals surface area (Å²) in [6, 6.07) is 3.79. The molecule has 0 aliphatic rings. The van der Waals surface area contributed by atoms with E-state index in [2.05, 4.69) is 0 Å². The molecule has 0 saturated carbocycles. The van der Waals surface area contributed by atoms with E-state index in [1.165, 1.54) is 0 Å². The maximum Gasteiger partial charge on any atom is 0.236 e. The number of nitrogens with zero attached hydrogens (tertiary/aromatic N) is 2. The van der Waals surface area contributed by atoms with Crippen molar-refractivity contribution in [3.8, 4) is 0 Å². The first kappa shape index (κ1) is 14.7. The molecule has 0 radical (unpaired) electrons. The lowest BCUT2D eigenvalue weighted by molar-refractivity contribution is -0.130. The van der Waals surface area contributed by atoms with Crippen molar-refractivity contribution < 1.29 is 9.21 Å². The second-order valence-electron chi connectivity index (χ2n) is 4.55. The van der Waals surface area contributed by atoms with Crippen LogP contribution >= 0.6 is 0 Å². The Morgan fingerprint density at radius 3 is 2.50 bits per heavy atom. The second-order valence-corrected chi connectivity index (χ2v) is 4.55. The maximum atomic E-state index is 11.8. The first-order chi connectivity index (χ1) is 8.49. The van der Waals surface area contributed by atoms with Crippen LogP contribution in [0.5, 0.6) is 0 Å². The number of furan rings is 1. The molecule has 5 nitrogen and oxygen atoms in total. The minimum Gasteiger partial charge on any atom is -0.465 e. The van der Waals surface area contributed by atoms with Gasteiger partial charge in [0.05, 0.1) is 12.6 Å². The number of carbonyl (C=O) groups excluding carboxylic acids is 1. The third-order valence-electron chi connectivity index (χ3n) is 3.00. The fourth-order valence-electron chi connectivity index (χ4n) is 1.84. The van der Waals surface area contributed by atoms with E-state index in [9.17, 15) is 4.79 Å². The van der Waals surface area contributed by atoms with Crippen LogP contribution in [-0.4, -0.2) is 49.4 Å². The Bertz CT molecular complexity index is 387. The van der Waals surface area contributed by atoms with Gasteiger partial charge in [-0.2, -0.15) is 0 Å². The molecule has 0 aromatic carbocycles. The van der Waals surface area contributed by atoms with E-state index >= 15 is 0 Å². The number of nitrogens with two attached hydrogens (primary N) is 1. The fourth-order valence-corrected chi connectivity index (χ4v) is 1.84. The van der Waals surface area contributed by atoms with E-state index in [0.717, 1.165) is 18.1 Å². The number of rotatable bonds is 6. The second kappa shape index (κ2) is 6.56. The van der Waals surface area contributed by atoms with Crippen LogP contribution < -0.4 is 5.73 Å². The van der Waals surface area contributed by atoms with Crippen molar-refractivity contribution in [3.05, 3.63) is 23.7 Å². The van der Waals surface area contributed by atoms with Crippen molar-refractivity contribution in [3.63, 3.8) is 0 Å². The molecule has 0 fully saturated rings. The van der Waals surface area contributed by atoms with Crippen LogP contribution in [0.4, 0.5) is 0 Å². The summed E-state index contributed by atoms with van der Waals surface area (Å²) in [4.78, 5) is 15.4. The molecule has 2 N–H and O–H groups in total. The molecular weight excluding hydrogens is 230 g/mol. The molecule has 1 aromatic heterocycles. The van der Waals surface area contributed by atoms with Gasteiger partial charge in [0.1, 0.15) is 11.5 Å². The highest BCUT2D eigenvalue weighted by molar-refractivity contribution is 5.77. The zero-order chi connectivity index (χ0) is 13.7. The van der Waals surface area contributed by atoms with Gasteiger partial charge in [0.2, 0.25) is 5.91 Å². The van der Waals surface area contributed by atoms with E-state index in [1.54, 1.807) is 19.0 Å². The molecule has 0 spiro atoms. The number of carbonyl (C=O) groups is 1. The molecule has 1 aromatic rings. The molecule has 1 unspecified atom stereocenters. The van der Waals surface area contributed by atoms with Gasteiger partial charge in [0, 0.05) is 20.6 Å². The first-order valence-corrected chi connectivity index (χ1v) is 6.20. The SMILES string of the molecule is CCN(CC(=O)N(C)C)C(CN)c1ccc(C)o1. The molecule has 1 atom stereocenters. The molecule has 102 valence electrons. The third kappa shape index (κ3) is 3.58. The smallest absolute Gasteiger partial charge is 0.236 e. The predicted molar refractivity (Wildman–Crippen MR) is 71.2 cm³/mol. The highest BCUT2D eigenvalue weighted by Gasteiger charge is 2.23. The monoisotopic (exact) mass is 253 g/mol. The van der Waals surface area contributed by atoms with E-state index in [0.29, 0.717) is 13.1 Å². The Balaban J connectivity index is 2.81. The first-order valence-electron chi connectivity index (χ1n) is 6.20. The van der Waals surface area contributed by atoms with Gasteiger partial charge in [-0.1, -0.05) is 6.92 Å². The van der Waals surface area contributed by atoms with Crippen LogP contribution in [0.3, 0.4) is 0 Å². The van der Waals surface area contributed by atoms with Crippen LogP contribution in [-0.2, 0) is 4.79 Å². The van der Waals surface area contributed by atoms with Gasteiger partial charge >= 0.3 is 0 Å². The molecule has 0 aliphatic carbocycles. The van der Waals surface area contributed by atoms with Gasteiger partial charge in [-0.3, -0.25) is 9.69 Å². The molecule has 1 heterocycles. The van der Waals surface area contributed by atoms with Crippen LogP contribution in [0.2, 0.25) is 0 Å². The molecule has 5 heteroatoms. The van der Waals surface area contributed by atoms with E-state index in [-0.39, 0.29) is 11.9 Å². The van der Waals surface area contributed by atoms with Gasteiger partial charge in [0.15, 0.2) is 0 Å². The normalized spacial score (nSPS) is 12.8. The van der Waals surface area contributed by atoms with Crippen molar-refractivity contribution in [1.29, 1.82) is 0 Å². The lowest BCUT2D eigenvalue weighted by atomic mass is 10.2. The summed E-state index contributed by atoms with van der Waals surface area (Å²) < 4.78 is 5.61. The zero-order valence-corrected chi connectivity index (χ0v) is 11.6. The number of aryl methyl sites for hydroxylation is 1. The average Bonchev–Trinajstić information content (AvgIpc) is 2.75. The molecule has 18 heavy (non-hydrogen) atoms. The van der Waals surface area contributed by atoms with Crippen LogP contribution in [0.15, 0.2) is 16.5 Å². The topological polar surface area (TPSA) is 62.7 Å². The number of amides is 1. The summed E-state index contributed by atoms with van der Waals surface area (Å²) >= 11 is 0. The van der Waals surface area contributed by atoms with E-state index < -0.39 is 0 Å². The van der Waals surface area contributed by atoms with Crippen LogP contribution in [0.25, 0.3) is 0 Å². The van der Waals surface area contributed by atoms with Crippen molar-refractivity contribution in [2.45, 2.75) is 19.9 Å². The summed E-state index contributed by atoms with van der Waals surface area (Å²) in [7, 11) is 3.51. The lowest BCUT2D eigenvalue weighted by Crippen LogP contribution is -2.41. The molecule has 1 amide bonds. The minimum absolute atomic E-state index is 0.0485. The van der Waals surface area contributed by atoms with Gasteiger partial charge < -0.3 is 15.1 Å². The van der Waals surface area contributed by atoms with Crippen LogP contribution in [0, 0.1) is 6.92 Å². The van der Waals surface area contributed by atoms with E-state index in [4.69, 9.17) is 10.2 Å². The molecule has 1 rings (SSSR count).